The van der Waals surface area contributed by atoms with Gasteiger partial charge in [-0.25, -0.2) is 0 Å². The van der Waals surface area contributed by atoms with E-state index in [2.05, 4.69) is 13.8 Å². The normalized spacial score (nSPS) is 19.9. The molecule has 1 fully saturated rings. The molecule has 10 nitrogen and oxygen atoms in total. The molecule has 0 amide bonds. The summed E-state index contributed by atoms with van der Waals surface area (Å²) in [7, 11) is 0. The number of hydrogen-bond acceptors (Lipinski definition) is 10. The maximum absolute atomic E-state index is 12.6. The zero-order valence-electron chi connectivity index (χ0n) is 35.5. The van der Waals surface area contributed by atoms with Gasteiger partial charge in [0, 0.05) is 12.8 Å². The molecule has 326 valence electrons. The number of aliphatic hydroxyl groups excluding tert-OH is 4. The largest absolute Gasteiger partial charge is 0.463 e. The standard InChI is InChI=1S/C45H86O10/c1-3-5-7-9-11-13-15-17-19-21-23-25-27-29-31-33-40(47)52-36-38(54-45-44(51)43(50)42(49)39(35-46)55-45)37-53-41(48)34-32-30-28-26-24-22-20-18-16-14-12-10-8-6-4-2/h38-39,42-46,49-51H,3-37H2,1-2H3/t39-,42-,43+,44-,45-/m1/s1. The minimum absolute atomic E-state index is 0.237. The van der Waals surface area contributed by atoms with E-state index in [-0.39, 0.29) is 38.0 Å². The predicted molar refractivity (Wildman–Crippen MR) is 220 cm³/mol. The van der Waals surface area contributed by atoms with E-state index in [1.165, 1.54) is 154 Å². The summed E-state index contributed by atoms with van der Waals surface area (Å²) >= 11 is 0. The lowest BCUT2D eigenvalue weighted by atomic mass is 9.99. The molecule has 1 heterocycles. The fourth-order valence-electron chi connectivity index (χ4n) is 7.29. The van der Waals surface area contributed by atoms with Crippen LogP contribution < -0.4 is 0 Å². The maximum Gasteiger partial charge on any atom is 0.305 e. The third-order valence-corrected chi connectivity index (χ3v) is 11.0. The summed E-state index contributed by atoms with van der Waals surface area (Å²) in [5, 5.41) is 40.4. The van der Waals surface area contributed by atoms with E-state index in [1.807, 2.05) is 0 Å². The molecule has 0 aromatic heterocycles. The number of rotatable bonds is 39. The number of hydrogen-bond donors (Lipinski definition) is 4. The van der Waals surface area contributed by atoms with Gasteiger partial charge in [-0.15, -0.1) is 0 Å². The first-order valence-electron chi connectivity index (χ1n) is 23.1. The van der Waals surface area contributed by atoms with Gasteiger partial charge < -0.3 is 39.4 Å². The Kier molecular flexibility index (Phi) is 34.8. The van der Waals surface area contributed by atoms with Crippen molar-refractivity contribution in [2.24, 2.45) is 0 Å². The average Bonchev–Trinajstić information content (AvgIpc) is 3.18. The Morgan fingerprint density at radius 3 is 1.09 bits per heavy atom. The van der Waals surface area contributed by atoms with E-state index in [0.717, 1.165) is 38.5 Å². The minimum atomic E-state index is -1.62. The van der Waals surface area contributed by atoms with Crippen molar-refractivity contribution in [1.29, 1.82) is 0 Å². The molecule has 0 aromatic rings. The summed E-state index contributed by atoms with van der Waals surface area (Å²) in [4.78, 5) is 25.1. The van der Waals surface area contributed by atoms with Crippen molar-refractivity contribution in [2.75, 3.05) is 19.8 Å². The first-order chi connectivity index (χ1) is 26.8. The topological polar surface area (TPSA) is 152 Å². The van der Waals surface area contributed by atoms with Crippen molar-refractivity contribution in [3.05, 3.63) is 0 Å². The molecule has 0 unspecified atom stereocenters. The van der Waals surface area contributed by atoms with E-state index in [0.29, 0.717) is 0 Å². The Balaban J connectivity index is 2.28. The van der Waals surface area contributed by atoms with Crippen LogP contribution in [0.25, 0.3) is 0 Å². The van der Waals surface area contributed by atoms with Gasteiger partial charge in [0.25, 0.3) is 0 Å². The second-order valence-corrected chi connectivity index (χ2v) is 16.2. The monoisotopic (exact) mass is 787 g/mol. The molecule has 5 atom stereocenters. The van der Waals surface area contributed by atoms with Crippen LogP contribution in [0.3, 0.4) is 0 Å². The third kappa shape index (κ3) is 28.7. The maximum atomic E-state index is 12.6. The Bertz CT molecular complexity index is 821. The summed E-state index contributed by atoms with van der Waals surface area (Å²) in [6.45, 7) is 3.44. The van der Waals surface area contributed by atoms with E-state index in [9.17, 15) is 30.0 Å². The van der Waals surface area contributed by atoms with Crippen LogP contribution in [0.15, 0.2) is 0 Å². The molecular weight excluding hydrogens is 700 g/mol. The van der Waals surface area contributed by atoms with Crippen LogP contribution in [0.1, 0.15) is 219 Å². The molecule has 0 radical (unpaired) electrons. The van der Waals surface area contributed by atoms with Crippen molar-refractivity contribution in [1.82, 2.24) is 0 Å². The molecule has 0 spiro atoms. The number of carbonyl (C=O) groups excluding carboxylic acids is 2. The van der Waals surface area contributed by atoms with Crippen molar-refractivity contribution >= 4 is 11.9 Å². The fourth-order valence-corrected chi connectivity index (χ4v) is 7.29. The van der Waals surface area contributed by atoms with Crippen LogP contribution in [0.2, 0.25) is 0 Å². The van der Waals surface area contributed by atoms with Gasteiger partial charge in [-0.05, 0) is 12.8 Å². The van der Waals surface area contributed by atoms with Crippen LogP contribution in [-0.2, 0) is 28.5 Å². The molecule has 55 heavy (non-hydrogen) atoms. The van der Waals surface area contributed by atoms with Gasteiger partial charge in [-0.2, -0.15) is 0 Å². The highest BCUT2D eigenvalue weighted by atomic mass is 16.7. The highest BCUT2D eigenvalue weighted by Gasteiger charge is 2.45. The third-order valence-electron chi connectivity index (χ3n) is 11.0. The van der Waals surface area contributed by atoms with Crippen molar-refractivity contribution in [3.63, 3.8) is 0 Å². The van der Waals surface area contributed by atoms with Crippen LogP contribution >= 0.6 is 0 Å². The molecule has 4 N–H and O–H groups in total. The molecule has 10 heteroatoms. The van der Waals surface area contributed by atoms with Gasteiger partial charge in [0.1, 0.15) is 43.7 Å². The highest BCUT2D eigenvalue weighted by Crippen LogP contribution is 2.24. The summed E-state index contributed by atoms with van der Waals surface area (Å²) in [5.41, 5.74) is 0. The van der Waals surface area contributed by atoms with E-state index in [4.69, 9.17) is 18.9 Å². The van der Waals surface area contributed by atoms with Crippen LogP contribution in [0, 0.1) is 0 Å². The zero-order chi connectivity index (χ0) is 40.2. The van der Waals surface area contributed by atoms with Gasteiger partial charge >= 0.3 is 11.9 Å². The first kappa shape index (κ1) is 51.7. The van der Waals surface area contributed by atoms with Gasteiger partial charge in [-0.3, -0.25) is 9.59 Å². The minimum Gasteiger partial charge on any atom is -0.463 e. The molecule has 0 aliphatic carbocycles. The number of ether oxygens (including phenoxy) is 4. The Morgan fingerprint density at radius 1 is 0.473 bits per heavy atom. The lowest BCUT2D eigenvalue weighted by Crippen LogP contribution is -2.60. The average molecular weight is 787 g/mol. The van der Waals surface area contributed by atoms with E-state index in [1.54, 1.807) is 0 Å². The molecule has 1 aliphatic heterocycles. The molecule has 0 aromatic carbocycles. The van der Waals surface area contributed by atoms with E-state index < -0.39 is 43.4 Å². The molecular formula is C45H86O10. The fraction of sp³-hybridized carbons (Fsp3) is 0.956. The first-order valence-corrected chi connectivity index (χ1v) is 23.1. The molecule has 0 saturated carbocycles. The summed E-state index contributed by atoms with van der Waals surface area (Å²) < 4.78 is 22.2. The molecule has 1 aliphatic rings. The lowest BCUT2D eigenvalue weighted by molar-refractivity contribution is -0.315. The summed E-state index contributed by atoms with van der Waals surface area (Å²) in [6.07, 6.45) is 29.4. The van der Waals surface area contributed by atoms with Gasteiger partial charge in [0.15, 0.2) is 6.29 Å². The zero-order valence-corrected chi connectivity index (χ0v) is 35.5. The summed E-state index contributed by atoms with van der Waals surface area (Å²) in [5.74, 6) is -0.776. The van der Waals surface area contributed by atoms with Gasteiger partial charge in [0.05, 0.1) is 6.61 Å². The SMILES string of the molecule is CCCCCCCCCCCCCCCCCC(=O)OCC(COC(=O)CCCCCCCCCCCCCCCCC)O[C@@H]1O[C@H](CO)[C@@H](O)[C@H](O)[C@H]1O. The Morgan fingerprint density at radius 2 is 0.782 bits per heavy atom. The highest BCUT2D eigenvalue weighted by molar-refractivity contribution is 5.69. The van der Waals surface area contributed by atoms with Gasteiger partial charge in [0.2, 0.25) is 0 Å². The molecule has 1 saturated heterocycles. The van der Waals surface area contributed by atoms with Crippen molar-refractivity contribution < 1.29 is 49.0 Å². The van der Waals surface area contributed by atoms with Crippen LogP contribution in [0.5, 0.6) is 0 Å². The molecule has 1 rings (SSSR count). The quantitative estimate of drug-likeness (QED) is 0.0350. The van der Waals surface area contributed by atoms with E-state index >= 15 is 0 Å². The smallest absolute Gasteiger partial charge is 0.305 e. The molecule has 0 bridgehead atoms. The Labute approximate surface area is 336 Å². The second kappa shape index (κ2) is 37.0. The van der Waals surface area contributed by atoms with Crippen molar-refractivity contribution in [3.8, 4) is 0 Å². The predicted octanol–water partition coefficient (Wildman–Crippen LogP) is 9.78. The number of esters is 2. The van der Waals surface area contributed by atoms with Crippen LogP contribution in [-0.4, -0.2) is 89.0 Å². The van der Waals surface area contributed by atoms with Crippen molar-refractivity contribution in [2.45, 2.75) is 256 Å². The van der Waals surface area contributed by atoms with Crippen LogP contribution in [0.4, 0.5) is 0 Å². The van der Waals surface area contributed by atoms with Gasteiger partial charge in [-0.1, -0.05) is 194 Å². The number of aliphatic hydroxyl groups is 4. The number of carbonyl (C=O) groups is 2. The lowest BCUT2D eigenvalue weighted by Gasteiger charge is -2.40. The Hall–Kier alpha value is -1.30. The number of unbranched alkanes of at least 4 members (excludes halogenated alkanes) is 28. The summed E-state index contributed by atoms with van der Waals surface area (Å²) in [6, 6.07) is 0. The second-order valence-electron chi connectivity index (χ2n) is 16.2.